The highest BCUT2D eigenvalue weighted by Crippen LogP contribution is 2.12. The van der Waals surface area contributed by atoms with Crippen molar-refractivity contribution < 1.29 is 9.90 Å². The van der Waals surface area contributed by atoms with Gasteiger partial charge in [0.25, 0.3) is 0 Å². The molecule has 2 heterocycles. The van der Waals surface area contributed by atoms with Gasteiger partial charge >= 0.3 is 0 Å². The Bertz CT molecular complexity index is 614. The summed E-state index contributed by atoms with van der Waals surface area (Å²) >= 11 is 0. The summed E-state index contributed by atoms with van der Waals surface area (Å²) in [6.45, 7) is 4.07. The Morgan fingerprint density at radius 2 is 1.65 bits per heavy atom. The molecule has 1 aliphatic heterocycles. The highest BCUT2D eigenvalue weighted by molar-refractivity contribution is 5.79. The van der Waals surface area contributed by atoms with Crippen molar-refractivity contribution >= 4 is 5.91 Å². The van der Waals surface area contributed by atoms with Crippen molar-refractivity contribution in [2.45, 2.75) is 6.42 Å². The van der Waals surface area contributed by atoms with Gasteiger partial charge in [0.2, 0.25) is 5.91 Å². The van der Waals surface area contributed by atoms with Gasteiger partial charge in [0.15, 0.2) is 0 Å². The number of aromatic nitrogens is 1. The molecule has 1 saturated heterocycles. The van der Waals surface area contributed by atoms with Gasteiger partial charge in [0.05, 0.1) is 13.0 Å². The van der Waals surface area contributed by atoms with E-state index in [1.807, 2.05) is 58.3 Å². The molecule has 1 N–H and O–H groups in total. The van der Waals surface area contributed by atoms with Gasteiger partial charge < -0.3 is 14.6 Å². The molecule has 5 nitrogen and oxygen atoms in total. The van der Waals surface area contributed by atoms with Gasteiger partial charge in [-0.25, -0.2) is 0 Å². The molecule has 2 aromatic rings. The second-order valence-corrected chi connectivity index (χ2v) is 5.88. The largest absolute Gasteiger partial charge is 0.395 e. The smallest absolute Gasteiger partial charge is 0.227 e. The molecule has 0 bridgehead atoms. The molecule has 0 aliphatic carbocycles. The van der Waals surface area contributed by atoms with Crippen LogP contribution in [0, 0.1) is 0 Å². The van der Waals surface area contributed by atoms with Gasteiger partial charge in [0, 0.05) is 50.8 Å². The number of carbonyl (C=O) groups is 1. The fraction of sp³-hybridized carbons (Fsp3) is 0.389. The number of hydrogen-bond acceptors (Lipinski definition) is 3. The maximum Gasteiger partial charge on any atom is 0.227 e. The molecule has 1 aromatic carbocycles. The number of nitrogens with zero attached hydrogens (tertiary/aromatic N) is 3. The molecule has 0 saturated carbocycles. The molecule has 0 atom stereocenters. The summed E-state index contributed by atoms with van der Waals surface area (Å²) < 4.78 is 2.05. The number of carbonyl (C=O) groups excluding carboxylic acids is 1. The summed E-state index contributed by atoms with van der Waals surface area (Å²) in [4.78, 5) is 16.5. The van der Waals surface area contributed by atoms with E-state index in [2.05, 4.69) is 4.90 Å². The quantitative estimate of drug-likeness (QED) is 0.901. The van der Waals surface area contributed by atoms with Crippen LogP contribution >= 0.6 is 0 Å². The summed E-state index contributed by atoms with van der Waals surface area (Å²) in [6, 6.07) is 12.1. The zero-order valence-corrected chi connectivity index (χ0v) is 13.3. The van der Waals surface area contributed by atoms with Crippen molar-refractivity contribution in [3.05, 3.63) is 54.4 Å². The summed E-state index contributed by atoms with van der Waals surface area (Å²) in [7, 11) is 0. The first kappa shape index (κ1) is 15.8. The van der Waals surface area contributed by atoms with E-state index in [4.69, 9.17) is 5.11 Å². The zero-order valence-electron chi connectivity index (χ0n) is 13.3. The number of benzene rings is 1. The van der Waals surface area contributed by atoms with Crippen molar-refractivity contribution in [2.75, 3.05) is 39.3 Å². The molecule has 1 fully saturated rings. The van der Waals surface area contributed by atoms with E-state index < -0.39 is 0 Å². The van der Waals surface area contributed by atoms with Crippen LogP contribution in [0.3, 0.4) is 0 Å². The number of piperazine rings is 1. The fourth-order valence-electron chi connectivity index (χ4n) is 2.94. The van der Waals surface area contributed by atoms with E-state index in [9.17, 15) is 4.79 Å². The van der Waals surface area contributed by atoms with Crippen LogP contribution in [0.15, 0.2) is 48.8 Å². The molecule has 0 spiro atoms. The highest BCUT2D eigenvalue weighted by atomic mass is 16.3. The Hall–Kier alpha value is -2.11. The van der Waals surface area contributed by atoms with Crippen LogP contribution in [0.25, 0.3) is 5.69 Å². The van der Waals surface area contributed by atoms with Crippen LogP contribution in [-0.4, -0.2) is 64.7 Å². The summed E-state index contributed by atoms with van der Waals surface area (Å²) in [5.41, 5.74) is 2.15. The van der Waals surface area contributed by atoms with E-state index in [0.29, 0.717) is 13.0 Å². The van der Waals surface area contributed by atoms with Gasteiger partial charge in [-0.1, -0.05) is 12.1 Å². The van der Waals surface area contributed by atoms with Crippen molar-refractivity contribution in [3.63, 3.8) is 0 Å². The number of rotatable bonds is 5. The Balaban J connectivity index is 1.54. The number of hydrogen-bond donors (Lipinski definition) is 1. The SMILES string of the molecule is O=C(Cc1ccc(-n2cccc2)cc1)N1CCN(CCO)CC1. The van der Waals surface area contributed by atoms with Crippen molar-refractivity contribution in [3.8, 4) is 5.69 Å². The van der Waals surface area contributed by atoms with Crippen LogP contribution in [0.1, 0.15) is 5.56 Å². The van der Waals surface area contributed by atoms with E-state index in [0.717, 1.165) is 37.4 Å². The normalized spacial score (nSPS) is 15.8. The van der Waals surface area contributed by atoms with E-state index >= 15 is 0 Å². The number of β-amino-alcohol motifs (C(OH)–C–C–N with tert-alkyl or cyclic N) is 1. The van der Waals surface area contributed by atoms with Crippen LogP contribution in [-0.2, 0) is 11.2 Å². The average Bonchev–Trinajstić information content (AvgIpc) is 3.11. The zero-order chi connectivity index (χ0) is 16.1. The lowest BCUT2D eigenvalue weighted by molar-refractivity contribution is -0.132. The lowest BCUT2D eigenvalue weighted by atomic mass is 10.1. The van der Waals surface area contributed by atoms with Gasteiger partial charge in [-0.3, -0.25) is 9.69 Å². The lowest BCUT2D eigenvalue weighted by Gasteiger charge is -2.34. The lowest BCUT2D eigenvalue weighted by Crippen LogP contribution is -2.49. The summed E-state index contributed by atoms with van der Waals surface area (Å²) in [5.74, 6) is 0.183. The third-order valence-corrected chi connectivity index (χ3v) is 4.34. The molecule has 1 amide bonds. The van der Waals surface area contributed by atoms with Crippen molar-refractivity contribution in [1.29, 1.82) is 0 Å². The third kappa shape index (κ3) is 4.00. The topological polar surface area (TPSA) is 48.7 Å². The second kappa shape index (κ2) is 7.44. The summed E-state index contributed by atoms with van der Waals surface area (Å²) in [6.07, 6.45) is 4.46. The molecule has 1 aromatic heterocycles. The van der Waals surface area contributed by atoms with Crippen LogP contribution < -0.4 is 0 Å². The highest BCUT2D eigenvalue weighted by Gasteiger charge is 2.20. The minimum absolute atomic E-state index is 0.182. The fourth-order valence-corrected chi connectivity index (χ4v) is 2.94. The third-order valence-electron chi connectivity index (χ3n) is 4.34. The molecule has 5 heteroatoms. The van der Waals surface area contributed by atoms with E-state index in [-0.39, 0.29) is 12.5 Å². The minimum Gasteiger partial charge on any atom is -0.395 e. The number of aliphatic hydroxyl groups excluding tert-OH is 1. The second-order valence-electron chi connectivity index (χ2n) is 5.88. The van der Waals surface area contributed by atoms with Crippen LogP contribution in [0.4, 0.5) is 0 Å². The maximum atomic E-state index is 12.4. The Labute approximate surface area is 136 Å². The molecular weight excluding hydrogens is 290 g/mol. The predicted octanol–water partition coefficient (Wildman–Crippen LogP) is 1.16. The first-order chi connectivity index (χ1) is 11.3. The first-order valence-corrected chi connectivity index (χ1v) is 8.09. The van der Waals surface area contributed by atoms with Crippen molar-refractivity contribution in [1.82, 2.24) is 14.4 Å². The minimum atomic E-state index is 0.182. The number of aliphatic hydroxyl groups is 1. The Kier molecular flexibility index (Phi) is 5.10. The molecule has 122 valence electrons. The Morgan fingerprint density at radius 3 is 2.26 bits per heavy atom. The van der Waals surface area contributed by atoms with Gasteiger partial charge in [-0.2, -0.15) is 0 Å². The maximum absolute atomic E-state index is 12.4. The van der Waals surface area contributed by atoms with Crippen LogP contribution in [0.2, 0.25) is 0 Å². The van der Waals surface area contributed by atoms with Crippen molar-refractivity contribution in [2.24, 2.45) is 0 Å². The van der Waals surface area contributed by atoms with E-state index in [1.54, 1.807) is 0 Å². The Morgan fingerprint density at radius 1 is 1.00 bits per heavy atom. The molecule has 3 rings (SSSR count). The molecular formula is C18H23N3O2. The monoisotopic (exact) mass is 313 g/mol. The van der Waals surface area contributed by atoms with Gasteiger partial charge in [-0.15, -0.1) is 0 Å². The summed E-state index contributed by atoms with van der Waals surface area (Å²) in [5, 5.41) is 8.96. The van der Waals surface area contributed by atoms with E-state index in [1.165, 1.54) is 0 Å². The van der Waals surface area contributed by atoms with Gasteiger partial charge in [-0.05, 0) is 29.8 Å². The van der Waals surface area contributed by atoms with Gasteiger partial charge in [0.1, 0.15) is 0 Å². The first-order valence-electron chi connectivity index (χ1n) is 8.09. The van der Waals surface area contributed by atoms with Crippen LogP contribution in [0.5, 0.6) is 0 Å². The molecule has 1 aliphatic rings. The molecule has 23 heavy (non-hydrogen) atoms. The standard InChI is InChI=1S/C18H23N3O2/c22-14-13-19-9-11-21(12-10-19)18(23)15-16-3-5-17(6-4-16)20-7-1-2-8-20/h1-8,22H,9-15H2. The molecule has 0 unspecified atom stereocenters. The predicted molar refractivity (Wildman–Crippen MR) is 89.6 cm³/mol. The molecule has 0 radical (unpaired) electrons. The average molecular weight is 313 g/mol. The number of amides is 1.